The van der Waals surface area contributed by atoms with Crippen molar-refractivity contribution in [2.45, 2.75) is 38.2 Å². The number of hydrogen-bond donors (Lipinski definition) is 0. The van der Waals surface area contributed by atoms with Crippen molar-refractivity contribution in [3.63, 3.8) is 0 Å². The topological polar surface area (TPSA) is 68.5 Å². The molecule has 0 fully saturated rings. The Morgan fingerprint density at radius 3 is 3.04 bits per heavy atom. The Balaban J connectivity index is 1.60. The van der Waals surface area contributed by atoms with Crippen LogP contribution in [-0.4, -0.2) is 33.6 Å². The number of furan rings is 1. The minimum absolute atomic E-state index is 0.184. The summed E-state index contributed by atoms with van der Waals surface area (Å²) < 4.78 is 10.6. The average Bonchev–Trinajstić information content (AvgIpc) is 3.00. The van der Waals surface area contributed by atoms with Crippen molar-refractivity contribution in [2.75, 3.05) is 12.8 Å². The highest BCUT2D eigenvalue weighted by Gasteiger charge is 2.19. The lowest BCUT2D eigenvalue weighted by atomic mass is 10.1. The third-order valence-corrected chi connectivity index (χ3v) is 4.25. The zero-order valence-corrected chi connectivity index (χ0v) is 14.1. The average molecular weight is 333 g/mol. The van der Waals surface area contributed by atoms with Gasteiger partial charge < -0.3 is 9.15 Å². The quantitative estimate of drug-likeness (QED) is 0.473. The highest BCUT2D eigenvalue weighted by Crippen LogP contribution is 2.21. The smallest absolute Gasteiger partial charge is 0.303 e. The molecule has 0 N–H and O–H groups in total. The molecule has 0 amide bonds. The van der Waals surface area contributed by atoms with Gasteiger partial charge in [-0.1, -0.05) is 11.8 Å². The maximum absolute atomic E-state index is 10.8. The molecule has 0 spiro atoms. The molecule has 7 heteroatoms. The molecule has 0 bridgehead atoms. The third kappa shape index (κ3) is 4.11. The van der Waals surface area contributed by atoms with E-state index in [1.165, 1.54) is 12.5 Å². The van der Waals surface area contributed by atoms with E-state index < -0.39 is 0 Å². The molecule has 0 unspecified atom stereocenters. The molecule has 3 heterocycles. The zero-order valence-electron chi connectivity index (χ0n) is 13.2. The summed E-state index contributed by atoms with van der Waals surface area (Å²) >= 11 is 1.57. The lowest BCUT2D eigenvalue weighted by molar-refractivity contribution is -0.142. The largest absolute Gasteiger partial charge is 0.461 e. The standard InChI is InChI=1S/C16H19N3O3S/c1-11(20)21-10-14-4-3-13(22-14)9-19-6-5-15-12(8-19)7-17-16(18-15)23-2/h3-4,7H,5-6,8-10H2,1-2H3. The van der Waals surface area contributed by atoms with E-state index in [0.29, 0.717) is 5.76 Å². The number of esters is 1. The van der Waals surface area contributed by atoms with Gasteiger partial charge in [-0.05, 0) is 18.4 Å². The monoisotopic (exact) mass is 333 g/mol. The van der Waals surface area contributed by atoms with Gasteiger partial charge in [0.05, 0.1) is 12.2 Å². The van der Waals surface area contributed by atoms with Gasteiger partial charge in [-0.3, -0.25) is 9.69 Å². The Bertz CT molecular complexity index is 702. The second-order valence-corrected chi connectivity index (χ2v) is 6.21. The van der Waals surface area contributed by atoms with Crippen molar-refractivity contribution in [1.82, 2.24) is 14.9 Å². The van der Waals surface area contributed by atoms with Crippen LogP contribution < -0.4 is 0 Å². The van der Waals surface area contributed by atoms with Crippen molar-refractivity contribution in [2.24, 2.45) is 0 Å². The number of fused-ring (bicyclic) bond motifs is 1. The Labute approximate surface area is 139 Å². The molecule has 3 rings (SSSR count). The summed E-state index contributed by atoms with van der Waals surface area (Å²) in [6.45, 7) is 4.06. The van der Waals surface area contributed by atoms with E-state index in [1.54, 1.807) is 11.8 Å². The van der Waals surface area contributed by atoms with E-state index in [1.807, 2.05) is 24.6 Å². The molecule has 0 aromatic carbocycles. The number of aromatic nitrogens is 2. The molecule has 1 aliphatic heterocycles. The Kier molecular flexibility index (Phi) is 4.97. The molecule has 0 aliphatic carbocycles. The van der Waals surface area contributed by atoms with Gasteiger partial charge in [0.2, 0.25) is 0 Å². The molecule has 1 aliphatic rings. The Morgan fingerprint density at radius 1 is 1.43 bits per heavy atom. The summed E-state index contributed by atoms with van der Waals surface area (Å²) in [6.07, 6.45) is 4.84. The fourth-order valence-electron chi connectivity index (χ4n) is 2.57. The molecule has 6 nitrogen and oxygen atoms in total. The van der Waals surface area contributed by atoms with Crippen molar-refractivity contribution < 1.29 is 13.9 Å². The van der Waals surface area contributed by atoms with Gasteiger partial charge in [0.25, 0.3) is 0 Å². The van der Waals surface area contributed by atoms with E-state index in [4.69, 9.17) is 9.15 Å². The molecule has 2 aromatic heterocycles. The molecular weight excluding hydrogens is 314 g/mol. The lowest BCUT2D eigenvalue weighted by Crippen LogP contribution is -2.30. The molecule has 122 valence electrons. The molecule has 23 heavy (non-hydrogen) atoms. The first kappa shape index (κ1) is 16.0. The van der Waals surface area contributed by atoms with Crippen molar-refractivity contribution >= 4 is 17.7 Å². The molecule has 0 saturated heterocycles. The minimum Gasteiger partial charge on any atom is -0.461 e. The van der Waals surface area contributed by atoms with Crippen LogP contribution in [0.15, 0.2) is 27.9 Å². The second-order valence-electron chi connectivity index (χ2n) is 5.44. The number of thioether (sulfide) groups is 1. The zero-order chi connectivity index (χ0) is 16.2. The fourth-order valence-corrected chi connectivity index (χ4v) is 2.93. The first-order valence-corrected chi connectivity index (χ1v) is 8.68. The number of ether oxygens (including phenoxy) is 1. The highest BCUT2D eigenvalue weighted by molar-refractivity contribution is 7.98. The van der Waals surface area contributed by atoms with Crippen molar-refractivity contribution in [3.05, 3.63) is 41.1 Å². The predicted molar refractivity (Wildman–Crippen MR) is 85.8 cm³/mol. The molecule has 0 saturated carbocycles. The maximum atomic E-state index is 10.8. The van der Waals surface area contributed by atoms with Crippen LogP contribution in [0.5, 0.6) is 0 Å². The van der Waals surface area contributed by atoms with Gasteiger partial charge in [-0.2, -0.15) is 0 Å². The summed E-state index contributed by atoms with van der Waals surface area (Å²) in [7, 11) is 0. The van der Waals surface area contributed by atoms with Gasteiger partial charge in [-0.15, -0.1) is 0 Å². The van der Waals surface area contributed by atoms with E-state index in [9.17, 15) is 4.79 Å². The number of nitrogens with zero attached hydrogens (tertiary/aromatic N) is 3. The lowest BCUT2D eigenvalue weighted by Gasteiger charge is -2.27. The van der Waals surface area contributed by atoms with Gasteiger partial charge in [-0.25, -0.2) is 9.97 Å². The first-order chi connectivity index (χ1) is 11.1. The normalized spacial score (nSPS) is 14.5. The van der Waals surface area contributed by atoms with Crippen molar-refractivity contribution in [1.29, 1.82) is 0 Å². The van der Waals surface area contributed by atoms with Crippen LogP contribution in [0.4, 0.5) is 0 Å². The Morgan fingerprint density at radius 2 is 2.26 bits per heavy atom. The van der Waals surface area contributed by atoms with Gasteiger partial charge in [0.1, 0.15) is 18.1 Å². The van der Waals surface area contributed by atoms with Crippen LogP contribution in [0.3, 0.4) is 0 Å². The fraction of sp³-hybridized carbons (Fsp3) is 0.438. The van der Waals surface area contributed by atoms with Crippen LogP contribution in [0.25, 0.3) is 0 Å². The van der Waals surface area contributed by atoms with E-state index >= 15 is 0 Å². The highest BCUT2D eigenvalue weighted by atomic mass is 32.2. The minimum atomic E-state index is -0.305. The summed E-state index contributed by atoms with van der Waals surface area (Å²) in [6, 6.07) is 3.78. The van der Waals surface area contributed by atoms with Crippen molar-refractivity contribution in [3.8, 4) is 0 Å². The number of rotatable bonds is 5. The van der Waals surface area contributed by atoms with Crippen LogP contribution >= 0.6 is 11.8 Å². The SMILES string of the molecule is CSc1ncc2c(n1)CCN(Cc1ccc(COC(C)=O)o1)C2. The predicted octanol–water partition coefficient (Wildman–Crippen LogP) is 2.41. The van der Waals surface area contributed by atoms with E-state index in [2.05, 4.69) is 14.9 Å². The van der Waals surface area contributed by atoms with Crippen LogP contribution in [0, 0.1) is 0 Å². The second kappa shape index (κ2) is 7.14. The molecule has 0 radical (unpaired) electrons. The molecular formula is C16H19N3O3S. The van der Waals surface area contributed by atoms with Crippen LogP contribution in [0.2, 0.25) is 0 Å². The van der Waals surface area contributed by atoms with Gasteiger partial charge in [0, 0.05) is 38.2 Å². The van der Waals surface area contributed by atoms with Crippen LogP contribution in [0.1, 0.15) is 29.7 Å². The summed E-state index contributed by atoms with van der Waals surface area (Å²) in [5.41, 5.74) is 2.33. The maximum Gasteiger partial charge on any atom is 0.303 e. The summed E-state index contributed by atoms with van der Waals surface area (Å²) in [4.78, 5) is 22.0. The van der Waals surface area contributed by atoms with Gasteiger partial charge >= 0.3 is 5.97 Å². The van der Waals surface area contributed by atoms with E-state index in [-0.39, 0.29) is 12.6 Å². The number of carbonyl (C=O) groups is 1. The molecule has 2 aromatic rings. The van der Waals surface area contributed by atoms with Crippen LogP contribution in [-0.2, 0) is 35.6 Å². The summed E-state index contributed by atoms with van der Waals surface area (Å²) in [5.74, 6) is 1.23. The first-order valence-electron chi connectivity index (χ1n) is 7.46. The third-order valence-electron chi connectivity index (χ3n) is 3.69. The molecule has 0 atom stereocenters. The van der Waals surface area contributed by atoms with Gasteiger partial charge in [0.15, 0.2) is 5.16 Å². The number of hydrogen-bond acceptors (Lipinski definition) is 7. The summed E-state index contributed by atoms with van der Waals surface area (Å²) in [5, 5.41) is 0.832. The van der Waals surface area contributed by atoms with E-state index in [0.717, 1.165) is 42.7 Å². The Hall–Kier alpha value is -1.86. The number of carbonyl (C=O) groups excluding carboxylic acids is 1.